The summed E-state index contributed by atoms with van der Waals surface area (Å²) < 4.78 is 0. The van der Waals surface area contributed by atoms with Crippen LogP contribution in [0.4, 0.5) is 10.5 Å². The summed E-state index contributed by atoms with van der Waals surface area (Å²) in [6.45, 7) is 8.38. The molecule has 9 heteroatoms. The molecule has 0 aromatic heterocycles. The SMILES string of the molecule is CCNC(=NCc1cccc(NC(=O)N2CCCC2)c1)NC1CCN(C(=O)CC)C1.I. The molecule has 3 rings (SSSR count). The van der Waals surface area contributed by atoms with Gasteiger partial charge in [-0.05, 0) is 43.9 Å². The molecule has 1 aromatic rings. The van der Waals surface area contributed by atoms with E-state index in [0.717, 1.165) is 69.2 Å². The molecule has 3 amide bonds. The van der Waals surface area contributed by atoms with Crippen molar-refractivity contribution in [2.45, 2.75) is 52.1 Å². The third-order valence-corrected chi connectivity index (χ3v) is 5.52. The van der Waals surface area contributed by atoms with Gasteiger partial charge < -0.3 is 25.8 Å². The second kappa shape index (κ2) is 12.7. The smallest absolute Gasteiger partial charge is 0.321 e. The molecule has 0 radical (unpaired) electrons. The number of carbonyl (C=O) groups is 2. The van der Waals surface area contributed by atoms with E-state index in [1.165, 1.54) is 0 Å². The van der Waals surface area contributed by atoms with E-state index in [0.29, 0.717) is 13.0 Å². The largest absolute Gasteiger partial charge is 0.357 e. The van der Waals surface area contributed by atoms with Crippen LogP contribution in [0.1, 0.15) is 45.1 Å². The zero-order valence-corrected chi connectivity index (χ0v) is 20.9. The summed E-state index contributed by atoms with van der Waals surface area (Å²) in [5.74, 6) is 0.953. The molecule has 0 aliphatic carbocycles. The van der Waals surface area contributed by atoms with Crippen molar-refractivity contribution in [2.75, 3.05) is 38.0 Å². The number of hydrogen-bond acceptors (Lipinski definition) is 3. The van der Waals surface area contributed by atoms with Crippen LogP contribution in [0.15, 0.2) is 29.3 Å². The van der Waals surface area contributed by atoms with Crippen LogP contribution in [0.5, 0.6) is 0 Å². The molecule has 172 valence electrons. The Labute approximate surface area is 202 Å². The highest BCUT2D eigenvalue weighted by atomic mass is 127. The van der Waals surface area contributed by atoms with Crippen molar-refractivity contribution in [2.24, 2.45) is 4.99 Å². The number of aliphatic imine (C=N–C) groups is 1. The lowest BCUT2D eigenvalue weighted by Gasteiger charge is -2.19. The number of halogens is 1. The van der Waals surface area contributed by atoms with Gasteiger partial charge in [0.05, 0.1) is 6.54 Å². The maximum Gasteiger partial charge on any atom is 0.321 e. The molecule has 0 saturated carbocycles. The van der Waals surface area contributed by atoms with Crippen LogP contribution in [-0.2, 0) is 11.3 Å². The first-order valence-electron chi connectivity index (χ1n) is 11.1. The first-order valence-corrected chi connectivity index (χ1v) is 11.1. The summed E-state index contributed by atoms with van der Waals surface area (Å²) in [4.78, 5) is 32.7. The topological polar surface area (TPSA) is 89.1 Å². The Morgan fingerprint density at radius 3 is 2.61 bits per heavy atom. The van der Waals surface area contributed by atoms with Crippen molar-refractivity contribution in [3.8, 4) is 0 Å². The van der Waals surface area contributed by atoms with E-state index in [9.17, 15) is 9.59 Å². The molecule has 0 spiro atoms. The van der Waals surface area contributed by atoms with E-state index >= 15 is 0 Å². The second-order valence-corrected chi connectivity index (χ2v) is 7.84. The fourth-order valence-electron chi connectivity index (χ4n) is 3.88. The summed E-state index contributed by atoms with van der Waals surface area (Å²) in [6.07, 6.45) is 3.63. The molecule has 0 bridgehead atoms. The van der Waals surface area contributed by atoms with Gasteiger partial charge in [-0.3, -0.25) is 4.79 Å². The number of rotatable bonds is 6. The zero-order valence-electron chi connectivity index (χ0n) is 18.5. The first kappa shape index (κ1) is 25.2. The van der Waals surface area contributed by atoms with Crippen molar-refractivity contribution in [1.29, 1.82) is 0 Å². The lowest BCUT2D eigenvalue weighted by molar-refractivity contribution is -0.129. The van der Waals surface area contributed by atoms with Gasteiger partial charge in [-0.15, -0.1) is 24.0 Å². The minimum absolute atomic E-state index is 0. The van der Waals surface area contributed by atoms with Gasteiger partial charge in [0, 0.05) is 50.9 Å². The molecule has 1 atom stereocenters. The third-order valence-electron chi connectivity index (χ3n) is 5.52. The van der Waals surface area contributed by atoms with Crippen LogP contribution in [0.25, 0.3) is 0 Å². The Hall–Kier alpha value is -2.04. The van der Waals surface area contributed by atoms with Crippen LogP contribution in [-0.4, -0.2) is 66.5 Å². The number of amides is 3. The molecule has 3 N–H and O–H groups in total. The van der Waals surface area contributed by atoms with Gasteiger partial charge in [-0.25, -0.2) is 9.79 Å². The standard InChI is InChI=1S/C22H34N6O2.HI/c1-3-20(29)28-13-10-19(16-28)25-21(23-4-2)24-15-17-8-7-9-18(14-17)26-22(30)27-11-5-6-12-27;/h7-9,14,19H,3-6,10-13,15-16H2,1-2H3,(H,26,30)(H2,23,24,25);1H. The number of carbonyl (C=O) groups excluding carboxylic acids is 2. The highest BCUT2D eigenvalue weighted by Crippen LogP contribution is 2.15. The second-order valence-electron chi connectivity index (χ2n) is 7.84. The molecule has 8 nitrogen and oxygen atoms in total. The van der Waals surface area contributed by atoms with Gasteiger partial charge >= 0.3 is 6.03 Å². The number of likely N-dealkylation sites (tertiary alicyclic amines) is 2. The third kappa shape index (κ3) is 7.55. The number of hydrogen-bond donors (Lipinski definition) is 3. The number of anilines is 1. The molecule has 2 aliphatic rings. The monoisotopic (exact) mass is 542 g/mol. The van der Waals surface area contributed by atoms with E-state index in [-0.39, 0.29) is 42.0 Å². The normalized spacial score (nSPS) is 18.5. The van der Waals surface area contributed by atoms with E-state index in [4.69, 9.17) is 4.99 Å². The van der Waals surface area contributed by atoms with Crippen molar-refractivity contribution >= 4 is 47.6 Å². The Morgan fingerprint density at radius 2 is 1.90 bits per heavy atom. The molecule has 31 heavy (non-hydrogen) atoms. The summed E-state index contributed by atoms with van der Waals surface area (Å²) >= 11 is 0. The number of benzene rings is 1. The lowest BCUT2D eigenvalue weighted by atomic mass is 10.2. The van der Waals surface area contributed by atoms with Crippen molar-refractivity contribution in [1.82, 2.24) is 20.4 Å². The quantitative estimate of drug-likeness (QED) is 0.293. The highest BCUT2D eigenvalue weighted by Gasteiger charge is 2.25. The summed E-state index contributed by atoms with van der Waals surface area (Å²) in [5, 5.41) is 9.72. The van der Waals surface area contributed by atoms with Gasteiger partial charge in [0.15, 0.2) is 5.96 Å². The molecule has 2 saturated heterocycles. The Balaban J connectivity index is 0.00000341. The molecule has 1 unspecified atom stereocenters. The Kier molecular flexibility index (Phi) is 10.4. The van der Waals surface area contributed by atoms with Gasteiger partial charge in [0.1, 0.15) is 0 Å². The predicted molar refractivity (Wildman–Crippen MR) is 135 cm³/mol. The minimum Gasteiger partial charge on any atom is -0.357 e. The van der Waals surface area contributed by atoms with Gasteiger partial charge in [-0.2, -0.15) is 0 Å². The van der Waals surface area contributed by atoms with Crippen LogP contribution in [0.3, 0.4) is 0 Å². The van der Waals surface area contributed by atoms with Crippen LogP contribution in [0.2, 0.25) is 0 Å². The van der Waals surface area contributed by atoms with Crippen LogP contribution in [0, 0.1) is 0 Å². The predicted octanol–water partition coefficient (Wildman–Crippen LogP) is 3.00. The Bertz CT molecular complexity index is 766. The number of guanidine groups is 1. The molecular weight excluding hydrogens is 507 g/mol. The number of urea groups is 1. The van der Waals surface area contributed by atoms with Gasteiger partial charge in [0.2, 0.25) is 5.91 Å². The van der Waals surface area contributed by atoms with Gasteiger partial charge in [-0.1, -0.05) is 19.1 Å². The van der Waals surface area contributed by atoms with E-state index in [2.05, 4.69) is 16.0 Å². The molecule has 2 fully saturated rings. The van der Waals surface area contributed by atoms with Crippen molar-refractivity contribution in [3.05, 3.63) is 29.8 Å². The van der Waals surface area contributed by atoms with E-state index in [1.54, 1.807) is 0 Å². The number of nitrogens with zero attached hydrogens (tertiary/aromatic N) is 3. The highest BCUT2D eigenvalue weighted by molar-refractivity contribution is 14.0. The summed E-state index contributed by atoms with van der Waals surface area (Å²) in [7, 11) is 0. The molecule has 1 aromatic carbocycles. The maximum absolute atomic E-state index is 12.3. The average molecular weight is 542 g/mol. The molecule has 2 heterocycles. The number of nitrogens with one attached hydrogen (secondary N) is 3. The lowest BCUT2D eigenvalue weighted by Crippen LogP contribution is -2.45. The summed E-state index contributed by atoms with van der Waals surface area (Å²) in [5.41, 5.74) is 1.82. The fourth-order valence-corrected chi connectivity index (χ4v) is 3.88. The Morgan fingerprint density at radius 1 is 1.13 bits per heavy atom. The fraction of sp³-hybridized carbons (Fsp3) is 0.591. The van der Waals surface area contributed by atoms with Crippen LogP contribution >= 0.6 is 24.0 Å². The maximum atomic E-state index is 12.3. The average Bonchev–Trinajstić information content (AvgIpc) is 3.44. The molecular formula is C22H35IN6O2. The minimum atomic E-state index is -0.0319. The van der Waals surface area contributed by atoms with E-state index < -0.39 is 0 Å². The van der Waals surface area contributed by atoms with Crippen LogP contribution < -0.4 is 16.0 Å². The van der Waals surface area contributed by atoms with E-state index in [1.807, 2.05) is 47.9 Å². The zero-order chi connectivity index (χ0) is 21.3. The van der Waals surface area contributed by atoms with Gasteiger partial charge in [0.25, 0.3) is 0 Å². The summed E-state index contributed by atoms with van der Waals surface area (Å²) in [6, 6.07) is 8.01. The van der Waals surface area contributed by atoms with Crippen molar-refractivity contribution in [3.63, 3.8) is 0 Å². The molecule has 2 aliphatic heterocycles. The first-order chi connectivity index (χ1) is 14.6. The van der Waals surface area contributed by atoms with Crippen molar-refractivity contribution < 1.29 is 9.59 Å².